The molecule has 0 heterocycles. The number of alkyl halides is 1. The van der Waals surface area contributed by atoms with E-state index < -0.39 is 0 Å². The van der Waals surface area contributed by atoms with E-state index in [2.05, 4.69) is 19.1 Å². The minimum absolute atomic E-state index is 0.126. The van der Waals surface area contributed by atoms with Gasteiger partial charge in [-0.2, -0.15) is 0 Å². The highest BCUT2D eigenvalue weighted by Crippen LogP contribution is 2.21. The molecule has 0 bridgehead atoms. The first-order valence-corrected chi connectivity index (χ1v) is 3.85. The van der Waals surface area contributed by atoms with Gasteiger partial charge in [0.15, 0.2) is 0 Å². The lowest BCUT2D eigenvalue weighted by molar-refractivity contribution is 1.06. The molecule has 0 N–H and O–H groups in total. The molecule has 0 fully saturated rings. The smallest absolute Gasteiger partial charge is 0.0559 e. The van der Waals surface area contributed by atoms with Gasteiger partial charge in [-0.1, -0.05) is 24.3 Å². The lowest BCUT2D eigenvalue weighted by Crippen LogP contribution is -1.87. The Bertz CT molecular complexity index is 216. The molecule has 1 unspecified atom stereocenters. The minimum atomic E-state index is 0.126. The normalized spacial score (nSPS) is 13.1. The average molecular weight is 155 g/mol. The topological polar surface area (TPSA) is 0 Å². The predicted octanol–water partition coefficient (Wildman–Crippen LogP) is 3.29. The summed E-state index contributed by atoms with van der Waals surface area (Å²) in [6, 6.07) is 8.18. The van der Waals surface area contributed by atoms with Gasteiger partial charge in [0.05, 0.1) is 5.38 Å². The second-order valence-corrected chi connectivity index (χ2v) is 3.13. The van der Waals surface area contributed by atoms with Crippen LogP contribution in [0.2, 0.25) is 0 Å². The molecule has 0 spiro atoms. The second kappa shape index (κ2) is 3.07. The first-order valence-electron chi connectivity index (χ1n) is 3.41. The van der Waals surface area contributed by atoms with Crippen molar-refractivity contribution in [2.45, 2.75) is 19.2 Å². The quantitative estimate of drug-likeness (QED) is 0.545. The van der Waals surface area contributed by atoms with Crippen LogP contribution in [0.1, 0.15) is 23.4 Å². The first-order chi connectivity index (χ1) is 4.72. The molecule has 0 aliphatic carbocycles. The van der Waals surface area contributed by atoms with Gasteiger partial charge in [0.25, 0.3) is 0 Å². The van der Waals surface area contributed by atoms with Crippen molar-refractivity contribution < 1.29 is 0 Å². The van der Waals surface area contributed by atoms with Crippen LogP contribution in [-0.2, 0) is 0 Å². The van der Waals surface area contributed by atoms with Crippen LogP contribution in [0.25, 0.3) is 0 Å². The third-order valence-corrected chi connectivity index (χ3v) is 1.85. The predicted molar refractivity (Wildman–Crippen MR) is 45.4 cm³/mol. The number of hydrogen-bond acceptors (Lipinski definition) is 0. The van der Waals surface area contributed by atoms with E-state index in [0.717, 1.165) is 0 Å². The molecule has 0 nitrogen and oxygen atoms in total. The summed E-state index contributed by atoms with van der Waals surface area (Å²) >= 11 is 5.91. The molecule has 1 atom stereocenters. The Hall–Kier alpha value is -0.490. The summed E-state index contributed by atoms with van der Waals surface area (Å²) in [6.07, 6.45) is 0. The van der Waals surface area contributed by atoms with Gasteiger partial charge in [-0.15, -0.1) is 11.6 Å². The molecule has 1 aromatic carbocycles. The molecule has 0 aromatic heterocycles. The van der Waals surface area contributed by atoms with E-state index >= 15 is 0 Å². The Balaban J connectivity index is 3.03. The highest BCUT2D eigenvalue weighted by atomic mass is 35.5. The van der Waals surface area contributed by atoms with Gasteiger partial charge in [-0.05, 0) is 25.0 Å². The van der Waals surface area contributed by atoms with Gasteiger partial charge in [-0.3, -0.25) is 0 Å². The molecular weight excluding hydrogens is 144 g/mol. The molecule has 1 rings (SSSR count). The van der Waals surface area contributed by atoms with E-state index in [-0.39, 0.29) is 5.38 Å². The molecule has 0 radical (unpaired) electrons. The first kappa shape index (κ1) is 7.62. The molecule has 1 aromatic rings. The molecule has 0 aliphatic rings. The fourth-order valence-corrected chi connectivity index (χ4v) is 1.28. The van der Waals surface area contributed by atoms with Crippen LogP contribution >= 0.6 is 11.6 Å². The third-order valence-electron chi connectivity index (χ3n) is 1.62. The molecule has 0 saturated heterocycles. The molecule has 0 amide bonds. The zero-order chi connectivity index (χ0) is 7.56. The largest absolute Gasteiger partial charge is 0.118 e. The minimum Gasteiger partial charge on any atom is -0.118 e. The zero-order valence-corrected chi connectivity index (χ0v) is 7.02. The molecule has 1 heteroatoms. The number of rotatable bonds is 1. The standard InChI is InChI=1S/C9H11Cl/c1-7-5-3-4-6-9(7)8(2)10/h3-6,8H,1-2H3. The van der Waals surface area contributed by atoms with Crippen LogP contribution in [0.5, 0.6) is 0 Å². The Kier molecular flexibility index (Phi) is 2.34. The lowest BCUT2D eigenvalue weighted by Gasteiger charge is -2.05. The third kappa shape index (κ3) is 1.51. The molecule has 0 aliphatic heterocycles. The van der Waals surface area contributed by atoms with E-state index in [9.17, 15) is 0 Å². The van der Waals surface area contributed by atoms with Crippen molar-refractivity contribution in [1.29, 1.82) is 0 Å². The van der Waals surface area contributed by atoms with Gasteiger partial charge in [0.1, 0.15) is 0 Å². The molecule has 10 heavy (non-hydrogen) atoms. The maximum atomic E-state index is 5.91. The van der Waals surface area contributed by atoms with Crippen LogP contribution in [0.15, 0.2) is 24.3 Å². The van der Waals surface area contributed by atoms with Crippen molar-refractivity contribution in [3.8, 4) is 0 Å². The monoisotopic (exact) mass is 154 g/mol. The van der Waals surface area contributed by atoms with Crippen molar-refractivity contribution in [2.75, 3.05) is 0 Å². The second-order valence-electron chi connectivity index (χ2n) is 2.47. The average Bonchev–Trinajstić information content (AvgIpc) is 1.88. The maximum absolute atomic E-state index is 5.91. The summed E-state index contributed by atoms with van der Waals surface area (Å²) in [7, 11) is 0. The summed E-state index contributed by atoms with van der Waals surface area (Å²) in [5.41, 5.74) is 2.49. The van der Waals surface area contributed by atoms with Gasteiger partial charge >= 0.3 is 0 Å². The van der Waals surface area contributed by atoms with Crippen LogP contribution < -0.4 is 0 Å². The van der Waals surface area contributed by atoms with Crippen molar-refractivity contribution in [3.63, 3.8) is 0 Å². The van der Waals surface area contributed by atoms with E-state index in [0.29, 0.717) is 0 Å². The fourth-order valence-electron chi connectivity index (χ4n) is 1.03. The fraction of sp³-hybridized carbons (Fsp3) is 0.333. The van der Waals surface area contributed by atoms with Gasteiger partial charge in [-0.25, -0.2) is 0 Å². The van der Waals surface area contributed by atoms with Gasteiger partial charge in [0, 0.05) is 0 Å². The lowest BCUT2D eigenvalue weighted by atomic mass is 10.1. The summed E-state index contributed by atoms with van der Waals surface area (Å²) in [5, 5.41) is 0.126. The summed E-state index contributed by atoms with van der Waals surface area (Å²) in [4.78, 5) is 0. The summed E-state index contributed by atoms with van der Waals surface area (Å²) < 4.78 is 0. The highest BCUT2D eigenvalue weighted by Gasteiger charge is 2.01. The number of aryl methyl sites for hydroxylation is 1. The number of benzene rings is 1. The van der Waals surface area contributed by atoms with Crippen LogP contribution in [0.3, 0.4) is 0 Å². The number of halogens is 1. The molecule has 54 valence electrons. The van der Waals surface area contributed by atoms with Crippen molar-refractivity contribution in [2.24, 2.45) is 0 Å². The van der Waals surface area contributed by atoms with Crippen LogP contribution in [0.4, 0.5) is 0 Å². The highest BCUT2D eigenvalue weighted by molar-refractivity contribution is 6.20. The van der Waals surface area contributed by atoms with Gasteiger partial charge in [0.2, 0.25) is 0 Å². The maximum Gasteiger partial charge on any atom is 0.0559 e. The van der Waals surface area contributed by atoms with Crippen molar-refractivity contribution in [3.05, 3.63) is 35.4 Å². The Morgan fingerprint density at radius 1 is 1.30 bits per heavy atom. The van der Waals surface area contributed by atoms with E-state index in [1.807, 2.05) is 19.1 Å². The van der Waals surface area contributed by atoms with Gasteiger partial charge < -0.3 is 0 Å². The molecule has 0 saturated carbocycles. The summed E-state index contributed by atoms with van der Waals surface area (Å²) in [6.45, 7) is 4.07. The van der Waals surface area contributed by atoms with E-state index in [4.69, 9.17) is 11.6 Å². The van der Waals surface area contributed by atoms with Crippen LogP contribution in [0, 0.1) is 6.92 Å². The van der Waals surface area contributed by atoms with Crippen molar-refractivity contribution in [1.82, 2.24) is 0 Å². The van der Waals surface area contributed by atoms with Crippen LogP contribution in [-0.4, -0.2) is 0 Å². The van der Waals surface area contributed by atoms with E-state index in [1.54, 1.807) is 0 Å². The Morgan fingerprint density at radius 3 is 2.30 bits per heavy atom. The number of hydrogen-bond donors (Lipinski definition) is 0. The van der Waals surface area contributed by atoms with Crippen molar-refractivity contribution >= 4 is 11.6 Å². The Morgan fingerprint density at radius 2 is 1.90 bits per heavy atom. The molecular formula is C9H11Cl. The zero-order valence-electron chi connectivity index (χ0n) is 6.26. The Labute approximate surface area is 66.8 Å². The SMILES string of the molecule is Cc1ccccc1C(C)Cl. The summed E-state index contributed by atoms with van der Waals surface area (Å²) in [5.74, 6) is 0. The van der Waals surface area contributed by atoms with E-state index in [1.165, 1.54) is 11.1 Å².